The summed E-state index contributed by atoms with van der Waals surface area (Å²) in [6, 6.07) is 0. The first-order valence-electron chi connectivity index (χ1n) is 5.29. The Kier molecular flexibility index (Phi) is 5.60. The summed E-state index contributed by atoms with van der Waals surface area (Å²) in [6.45, 7) is 0.811. The molecule has 1 aromatic heterocycles. The van der Waals surface area contributed by atoms with Crippen molar-refractivity contribution in [1.82, 2.24) is 14.9 Å². The van der Waals surface area contributed by atoms with Gasteiger partial charge in [0.1, 0.15) is 11.6 Å². The summed E-state index contributed by atoms with van der Waals surface area (Å²) in [7, 11) is 1.57. The van der Waals surface area contributed by atoms with Crippen LogP contribution in [0.2, 0.25) is 5.02 Å². The van der Waals surface area contributed by atoms with E-state index in [-0.39, 0.29) is 17.5 Å². The number of aromatic nitrogens is 2. The van der Waals surface area contributed by atoms with E-state index < -0.39 is 11.2 Å². The molecule has 0 unspecified atom stereocenters. The molecule has 0 spiro atoms. The lowest BCUT2D eigenvalue weighted by Crippen LogP contribution is -2.36. The van der Waals surface area contributed by atoms with Crippen molar-refractivity contribution >= 4 is 17.5 Å². The van der Waals surface area contributed by atoms with E-state index in [4.69, 9.17) is 16.3 Å². The van der Waals surface area contributed by atoms with E-state index >= 15 is 0 Å². The minimum Gasteiger partial charge on any atom is -0.385 e. The van der Waals surface area contributed by atoms with Crippen LogP contribution in [0.3, 0.4) is 0 Å². The highest BCUT2D eigenvalue weighted by molar-refractivity contribution is 6.30. The van der Waals surface area contributed by atoms with Gasteiger partial charge >= 0.3 is 5.69 Å². The minimum atomic E-state index is -0.670. The lowest BCUT2D eigenvalue weighted by Gasteiger charge is -2.06. The maximum atomic E-state index is 11.5. The molecule has 8 heteroatoms. The number of aromatic amines is 1. The summed E-state index contributed by atoms with van der Waals surface area (Å²) in [5.41, 5.74) is -1.34. The Balaban J connectivity index is 2.57. The summed E-state index contributed by atoms with van der Waals surface area (Å²) in [5, 5.41) is 2.48. The molecule has 0 atom stereocenters. The number of halogens is 1. The number of nitrogens with one attached hydrogen (secondary N) is 2. The number of amides is 1. The second-order valence-electron chi connectivity index (χ2n) is 3.56. The van der Waals surface area contributed by atoms with Crippen molar-refractivity contribution in [2.24, 2.45) is 0 Å². The first kappa shape index (κ1) is 14.5. The first-order chi connectivity index (χ1) is 8.54. The third-order valence-corrected chi connectivity index (χ3v) is 2.40. The first-order valence-corrected chi connectivity index (χ1v) is 5.67. The van der Waals surface area contributed by atoms with Gasteiger partial charge < -0.3 is 10.1 Å². The predicted molar refractivity (Wildman–Crippen MR) is 65.8 cm³/mol. The Morgan fingerprint density at radius 1 is 1.56 bits per heavy atom. The number of H-pyrrole nitrogens is 1. The van der Waals surface area contributed by atoms with Gasteiger partial charge in [-0.3, -0.25) is 19.1 Å². The lowest BCUT2D eigenvalue weighted by atomic mass is 10.4. The average Bonchev–Trinajstić information content (AvgIpc) is 2.32. The topological polar surface area (TPSA) is 93.2 Å². The van der Waals surface area contributed by atoms with Crippen LogP contribution >= 0.6 is 11.6 Å². The molecule has 2 N–H and O–H groups in total. The maximum absolute atomic E-state index is 11.5. The van der Waals surface area contributed by atoms with Gasteiger partial charge in [0.25, 0.3) is 5.56 Å². The van der Waals surface area contributed by atoms with Crippen molar-refractivity contribution in [3.8, 4) is 0 Å². The Morgan fingerprint density at radius 2 is 2.28 bits per heavy atom. The van der Waals surface area contributed by atoms with Crippen LogP contribution in [0.5, 0.6) is 0 Å². The van der Waals surface area contributed by atoms with Crippen LogP contribution < -0.4 is 16.6 Å². The van der Waals surface area contributed by atoms with Gasteiger partial charge in [-0.1, -0.05) is 11.6 Å². The van der Waals surface area contributed by atoms with Crippen LogP contribution in [-0.2, 0) is 16.1 Å². The van der Waals surface area contributed by atoms with E-state index in [1.165, 1.54) is 0 Å². The molecule has 0 aliphatic heterocycles. The summed E-state index contributed by atoms with van der Waals surface area (Å²) in [4.78, 5) is 35.8. The van der Waals surface area contributed by atoms with E-state index in [9.17, 15) is 14.4 Å². The molecular formula is C10H14ClN3O4. The highest BCUT2D eigenvalue weighted by atomic mass is 35.5. The van der Waals surface area contributed by atoms with Crippen LogP contribution in [0.15, 0.2) is 15.8 Å². The SMILES string of the molecule is COCCCNC(=O)Cn1cc(Cl)c(=O)[nH]c1=O. The van der Waals surface area contributed by atoms with Crippen molar-refractivity contribution in [3.05, 3.63) is 32.1 Å². The number of carbonyl (C=O) groups is 1. The van der Waals surface area contributed by atoms with E-state index in [2.05, 4.69) is 5.32 Å². The number of carbonyl (C=O) groups excluding carboxylic acids is 1. The molecule has 0 aromatic carbocycles. The van der Waals surface area contributed by atoms with E-state index in [1.54, 1.807) is 7.11 Å². The van der Waals surface area contributed by atoms with E-state index in [0.717, 1.165) is 10.8 Å². The van der Waals surface area contributed by atoms with Gasteiger partial charge in [-0.05, 0) is 6.42 Å². The van der Waals surface area contributed by atoms with E-state index in [0.29, 0.717) is 19.6 Å². The third-order valence-electron chi connectivity index (χ3n) is 2.13. The van der Waals surface area contributed by atoms with Crippen molar-refractivity contribution in [1.29, 1.82) is 0 Å². The summed E-state index contributed by atoms with van der Waals surface area (Å²) >= 11 is 5.56. The Hall–Kier alpha value is -1.60. The molecule has 18 heavy (non-hydrogen) atoms. The van der Waals surface area contributed by atoms with Crippen molar-refractivity contribution < 1.29 is 9.53 Å². The number of hydrogen-bond donors (Lipinski definition) is 2. The zero-order valence-corrected chi connectivity index (χ0v) is 10.6. The lowest BCUT2D eigenvalue weighted by molar-refractivity contribution is -0.121. The quantitative estimate of drug-likeness (QED) is 0.674. The Morgan fingerprint density at radius 3 is 2.94 bits per heavy atom. The zero-order valence-electron chi connectivity index (χ0n) is 9.86. The van der Waals surface area contributed by atoms with Gasteiger partial charge in [-0.15, -0.1) is 0 Å². The minimum absolute atomic E-state index is 0.137. The summed E-state index contributed by atoms with van der Waals surface area (Å²) < 4.78 is 5.86. The van der Waals surface area contributed by atoms with Crippen molar-refractivity contribution in [2.75, 3.05) is 20.3 Å². The van der Waals surface area contributed by atoms with Crippen LogP contribution in [0.1, 0.15) is 6.42 Å². The second kappa shape index (κ2) is 6.97. The normalized spacial score (nSPS) is 10.3. The number of hydrogen-bond acceptors (Lipinski definition) is 4. The molecule has 0 saturated carbocycles. The standard InChI is InChI=1S/C10H14ClN3O4/c1-18-4-2-3-12-8(15)6-14-5-7(11)9(16)13-10(14)17/h5H,2-4,6H2,1H3,(H,12,15)(H,13,16,17). The highest BCUT2D eigenvalue weighted by Crippen LogP contribution is 1.95. The summed E-state index contributed by atoms with van der Waals surface area (Å²) in [6.07, 6.45) is 1.82. The Bertz CT molecular complexity index is 523. The van der Waals surface area contributed by atoms with Crippen molar-refractivity contribution in [2.45, 2.75) is 13.0 Å². The molecule has 100 valence electrons. The van der Waals surface area contributed by atoms with E-state index in [1.807, 2.05) is 4.98 Å². The fraction of sp³-hybridized carbons (Fsp3) is 0.500. The summed E-state index contributed by atoms with van der Waals surface area (Å²) in [5.74, 6) is -0.337. The second-order valence-corrected chi connectivity index (χ2v) is 3.97. The number of nitrogens with zero attached hydrogens (tertiary/aromatic N) is 1. The number of methoxy groups -OCH3 is 1. The number of rotatable bonds is 6. The largest absolute Gasteiger partial charge is 0.385 e. The fourth-order valence-electron chi connectivity index (χ4n) is 1.26. The van der Waals surface area contributed by atoms with Gasteiger partial charge in [-0.25, -0.2) is 4.79 Å². The maximum Gasteiger partial charge on any atom is 0.328 e. The predicted octanol–water partition coefficient (Wildman–Crippen LogP) is -0.657. The van der Waals surface area contributed by atoms with Crippen LogP contribution in [0, 0.1) is 0 Å². The third kappa shape index (κ3) is 4.34. The molecule has 1 amide bonds. The molecule has 0 saturated heterocycles. The van der Waals surface area contributed by atoms with Crippen molar-refractivity contribution in [3.63, 3.8) is 0 Å². The molecule has 1 aromatic rings. The number of ether oxygens (including phenoxy) is 1. The highest BCUT2D eigenvalue weighted by Gasteiger charge is 2.06. The van der Waals surface area contributed by atoms with Crippen LogP contribution in [0.25, 0.3) is 0 Å². The van der Waals surface area contributed by atoms with Gasteiger partial charge in [0, 0.05) is 26.5 Å². The average molecular weight is 276 g/mol. The molecule has 1 heterocycles. The molecule has 1 rings (SSSR count). The molecule has 0 aliphatic carbocycles. The monoisotopic (exact) mass is 275 g/mol. The van der Waals surface area contributed by atoms with Gasteiger partial charge in [0.05, 0.1) is 0 Å². The fourth-order valence-corrected chi connectivity index (χ4v) is 1.42. The molecular weight excluding hydrogens is 262 g/mol. The zero-order chi connectivity index (χ0) is 13.5. The molecule has 0 radical (unpaired) electrons. The molecule has 0 bridgehead atoms. The van der Waals surface area contributed by atoms with Gasteiger partial charge in [-0.2, -0.15) is 0 Å². The molecule has 7 nitrogen and oxygen atoms in total. The molecule has 0 aliphatic rings. The van der Waals surface area contributed by atoms with Gasteiger partial charge in [0.15, 0.2) is 0 Å². The van der Waals surface area contributed by atoms with Crippen LogP contribution in [0.4, 0.5) is 0 Å². The molecule has 0 fully saturated rings. The smallest absolute Gasteiger partial charge is 0.328 e. The van der Waals surface area contributed by atoms with Gasteiger partial charge in [0.2, 0.25) is 5.91 Å². The van der Waals surface area contributed by atoms with Crippen LogP contribution in [-0.4, -0.2) is 35.7 Å². The Labute approximate surface area is 108 Å².